The van der Waals surface area contributed by atoms with Gasteiger partial charge in [-0.3, -0.25) is 19.5 Å². The van der Waals surface area contributed by atoms with Gasteiger partial charge in [-0.15, -0.1) is 5.10 Å². The van der Waals surface area contributed by atoms with Crippen molar-refractivity contribution in [2.75, 3.05) is 18.5 Å². The molecule has 1 atom stereocenters. The highest BCUT2D eigenvalue weighted by Crippen LogP contribution is 2.33. The highest BCUT2D eigenvalue weighted by Gasteiger charge is 2.33. The summed E-state index contributed by atoms with van der Waals surface area (Å²) in [5.41, 5.74) is 2.61. The van der Waals surface area contributed by atoms with Crippen molar-refractivity contribution in [1.82, 2.24) is 19.8 Å². The van der Waals surface area contributed by atoms with Crippen LogP contribution in [0.5, 0.6) is 0 Å². The summed E-state index contributed by atoms with van der Waals surface area (Å²) in [5, 5.41) is 10.6. The molecule has 2 heterocycles. The zero-order valence-electron chi connectivity index (χ0n) is 20.4. The fourth-order valence-corrected chi connectivity index (χ4v) is 4.72. The van der Waals surface area contributed by atoms with Crippen molar-refractivity contribution in [3.8, 4) is 11.4 Å². The van der Waals surface area contributed by atoms with E-state index in [-0.39, 0.29) is 18.9 Å². The zero-order chi connectivity index (χ0) is 25.7. The number of carbonyl (C=O) groups excluding carboxylic acids is 3. The van der Waals surface area contributed by atoms with Crippen LogP contribution < -0.4 is 5.32 Å². The monoisotopic (exact) mass is 515 g/mol. The van der Waals surface area contributed by atoms with Gasteiger partial charge in [-0.2, -0.15) is 4.63 Å². The summed E-state index contributed by atoms with van der Waals surface area (Å²) >= 11 is 6.22. The highest BCUT2D eigenvalue weighted by molar-refractivity contribution is 6.34. The Morgan fingerprint density at radius 3 is 2.56 bits per heavy atom. The molecule has 1 fully saturated rings. The van der Waals surface area contributed by atoms with Crippen LogP contribution in [0, 0.1) is 18.8 Å². The van der Waals surface area contributed by atoms with Crippen molar-refractivity contribution < 1.29 is 23.9 Å². The Labute approximate surface area is 213 Å². The summed E-state index contributed by atoms with van der Waals surface area (Å²) in [4.78, 5) is 41.7. The molecule has 10 nitrogen and oxygen atoms in total. The van der Waals surface area contributed by atoms with Gasteiger partial charge in [0.25, 0.3) is 5.91 Å². The Balaban J connectivity index is 1.32. The number of rotatable bonds is 9. The van der Waals surface area contributed by atoms with Crippen molar-refractivity contribution in [3.63, 3.8) is 0 Å². The molecule has 1 aliphatic rings. The second-order valence-corrected chi connectivity index (χ2v) is 9.35. The van der Waals surface area contributed by atoms with Gasteiger partial charge in [0, 0.05) is 11.3 Å². The summed E-state index contributed by atoms with van der Waals surface area (Å²) in [5.74, 6) is -1.46. The molecule has 0 aliphatic heterocycles. The van der Waals surface area contributed by atoms with Gasteiger partial charge in [0.05, 0.1) is 24.6 Å². The third kappa shape index (κ3) is 6.04. The number of fused-ring (bicyclic) bond motifs is 1. The van der Waals surface area contributed by atoms with E-state index in [1.165, 1.54) is 4.63 Å². The molecule has 0 radical (unpaired) electrons. The van der Waals surface area contributed by atoms with E-state index in [9.17, 15) is 14.4 Å². The van der Waals surface area contributed by atoms with Gasteiger partial charge in [0.2, 0.25) is 0 Å². The first kappa shape index (κ1) is 25.7. The van der Waals surface area contributed by atoms with Crippen LogP contribution in [-0.2, 0) is 23.9 Å². The molecule has 1 unspecified atom stereocenters. The molecule has 1 saturated carbocycles. The van der Waals surface area contributed by atoms with E-state index in [4.69, 9.17) is 21.1 Å². The van der Waals surface area contributed by atoms with Crippen LogP contribution in [-0.4, -0.2) is 50.9 Å². The average molecular weight is 516 g/mol. The lowest BCUT2D eigenvalue weighted by Gasteiger charge is -2.28. The third-order valence-corrected chi connectivity index (χ3v) is 6.84. The standard InChI is InChI=1S/C25H30ClN5O5/c1-3-35-21(33)13-19(16-7-5-4-6-8-16)25(34)36-14-20(32)27-18-11-9-17(10-12-18)23-28-24-22(26)15(2)29-31(24)30-23/h9-12,16,19,29H,3-8,13-14H2,1-2H3,(H,27,32). The zero-order valence-corrected chi connectivity index (χ0v) is 21.1. The molecule has 1 aliphatic carbocycles. The van der Waals surface area contributed by atoms with Gasteiger partial charge in [0.15, 0.2) is 18.1 Å². The van der Waals surface area contributed by atoms with E-state index >= 15 is 0 Å². The van der Waals surface area contributed by atoms with E-state index in [0.29, 0.717) is 22.2 Å². The summed E-state index contributed by atoms with van der Waals surface area (Å²) in [7, 11) is 0. The minimum absolute atomic E-state index is 0.0258. The molecule has 0 bridgehead atoms. The molecule has 1 amide bonds. The largest absolute Gasteiger partial charge is 0.466 e. The molecule has 0 saturated heterocycles. The molecule has 1 aromatic carbocycles. The van der Waals surface area contributed by atoms with Crippen molar-refractivity contribution >= 4 is 40.8 Å². The van der Waals surface area contributed by atoms with Crippen molar-refractivity contribution in [2.45, 2.75) is 52.4 Å². The number of hydrogen-bond acceptors (Lipinski definition) is 7. The quantitative estimate of drug-likeness (QED) is 0.406. The van der Waals surface area contributed by atoms with Gasteiger partial charge in [-0.25, -0.2) is 4.98 Å². The number of anilines is 1. The van der Waals surface area contributed by atoms with Gasteiger partial charge < -0.3 is 14.8 Å². The molecule has 192 valence electrons. The minimum Gasteiger partial charge on any atom is -0.466 e. The molecule has 0 spiro atoms. The van der Waals surface area contributed by atoms with Crippen LogP contribution in [0.3, 0.4) is 0 Å². The van der Waals surface area contributed by atoms with Gasteiger partial charge in [-0.05, 0) is 56.9 Å². The first-order valence-corrected chi connectivity index (χ1v) is 12.6. The number of carbonyl (C=O) groups is 3. The van der Waals surface area contributed by atoms with E-state index in [2.05, 4.69) is 20.5 Å². The molecule has 3 aromatic rings. The predicted molar refractivity (Wildman–Crippen MR) is 133 cm³/mol. The van der Waals surface area contributed by atoms with Crippen molar-refractivity contribution in [3.05, 3.63) is 35.0 Å². The maximum atomic E-state index is 12.8. The number of aromatic nitrogens is 4. The Kier molecular flexibility index (Phi) is 8.25. The summed E-state index contributed by atoms with van der Waals surface area (Å²) in [6, 6.07) is 6.97. The number of aromatic amines is 1. The highest BCUT2D eigenvalue weighted by atomic mass is 35.5. The summed E-state index contributed by atoms with van der Waals surface area (Å²) in [6.07, 6.45) is 4.87. The molecule has 36 heavy (non-hydrogen) atoms. The number of hydrogen-bond donors (Lipinski definition) is 2. The Morgan fingerprint density at radius 2 is 1.89 bits per heavy atom. The number of esters is 2. The molecule has 2 aromatic heterocycles. The predicted octanol–water partition coefficient (Wildman–Crippen LogP) is 4.32. The van der Waals surface area contributed by atoms with Crippen LogP contribution in [0.25, 0.3) is 17.0 Å². The number of H-pyrrole nitrogens is 1. The van der Waals surface area contributed by atoms with Crippen LogP contribution in [0.1, 0.15) is 51.1 Å². The minimum atomic E-state index is -0.595. The van der Waals surface area contributed by atoms with E-state index in [1.54, 1.807) is 31.2 Å². The molecule has 4 rings (SSSR count). The SMILES string of the molecule is CCOC(=O)CC(C(=O)OCC(=O)Nc1ccc(-c2nc3c(Cl)c(C)[nH]n3n2)cc1)C1CCCCC1. The van der Waals surface area contributed by atoms with Crippen LogP contribution in [0.4, 0.5) is 5.69 Å². The van der Waals surface area contributed by atoms with Gasteiger partial charge >= 0.3 is 11.9 Å². The number of benzene rings is 1. The van der Waals surface area contributed by atoms with Crippen LogP contribution in [0.2, 0.25) is 5.02 Å². The second-order valence-electron chi connectivity index (χ2n) is 8.97. The lowest BCUT2D eigenvalue weighted by atomic mass is 9.78. The van der Waals surface area contributed by atoms with E-state index in [0.717, 1.165) is 43.4 Å². The Morgan fingerprint density at radius 1 is 1.17 bits per heavy atom. The number of nitrogens with zero attached hydrogens (tertiary/aromatic N) is 3. The average Bonchev–Trinajstić information content (AvgIpc) is 3.40. The molecule has 11 heteroatoms. The first-order valence-electron chi connectivity index (χ1n) is 12.2. The molecular formula is C25H30ClN5O5. The number of amides is 1. The molecule has 2 N–H and O–H groups in total. The summed E-state index contributed by atoms with van der Waals surface area (Å²) < 4.78 is 11.9. The van der Waals surface area contributed by atoms with E-state index < -0.39 is 30.4 Å². The fraction of sp³-hybridized carbons (Fsp3) is 0.480. The van der Waals surface area contributed by atoms with Crippen molar-refractivity contribution in [1.29, 1.82) is 0 Å². The number of halogens is 1. The number of nitrogens with one attached hydrogen (secondary N) is 2. The van der Waals surface area contributed by atoms with E-state index in [1.807, 2.05) is 6.92 Å². The number of ether oxygens (including phenoxy) is 2. The first-order chi connectivity index (χ1) is 17.4. The van der Waals surface area contributed by atoms with Crippen LogP contribution >= 0.6 is 11.6 Å². The second kappa shape index (κ2) is 11.6. The summed E-state index contributed by atoms with van der Waals surface area (Å²) in [6.45, 7) is 3.39. The normalized spacial score (nSPS) is 15.0. The maximum absolute atomic E-state index is 12.8. The lowest BCUT2D eigenvalue weighted by molar-refractivity contribution is -0.159. The lowest BCUT2D eigenvalue weighted by Crippen LogP contribution is -2.32. The van der Waals surface area contributed by atoms with Crippen molar-refractivity contribution in [2.24, 2.45) is 11.8 Å². The Hall–Kier alpha value is -3.40. The van der Waals surface area contributed by atoms with Crippen LogP contribution in [0.15, 0.2) is 24.3 Å². The maximum Gasteiger partial charge on any atom is 0.310 e. The third-order valence-electron chi connectivity index (χ3n) is 6.39. The Bertz CT molecular complexity index is 1230. The number of aryl methyl sites for hydroxylation is 1. The van der Waals surface area contributed by atoms with Gasteiger partial charge in [0.1, 0.15) is 5.02 Å². The van der Waals surface area contributed by atoms with Gasteiger partial charge in [-0.1, -0.05) is 30.9 Å². The molecular weight excluding hydrogens is 486 g/mol. The fourth-order valence-electron chi connectivity index (χ4n) is 4.55. The smallest absolute Gasteiger partial charge is 0.310 e. The topological polar surface area (TPSA) is 128 Å².